The first-order valence-corrected chi connectivity index (χ1v) is 8.19. The van der Waals surface area contributed by atoms with E-state index in [1.807, 2.05) is 0 Å². The summed E-state index contributed by atoms with van der Waals surface area (Å²) in [4.78, 5) is 23.0. The van der Waals surface area contributed by atoms with Crippen LogP contribution in [-0.4, -0.2) is 39.9 Å². The van der Waals surface area contributed by atoms with Crippen molar-refractivity contribution in [1.82, 2.24) is 14.9 Å². The lowest BCUT2D eigenvalue weighted by atomic mass is 10.1. The quantitative estimate of drug-likeness (QED) is 0.941. The van der Waals surface area contributed by atoms with Gasteiger partial charge >= 0.3 is 0 Å². The summed E-state index contributed by atoms with van der Waals surface area (Å²) < 4.78 is 13.9. The van der Waals surface area contributed by atoms with Gasteiger partial charge in [-0.05, 0) is 32.4 Å². The summed E-state index contributed by atoms with van der Waals surface area (Å²) in [6.07, 6.45) is 2.86. The SMILES string of the molecule is CC(C)Nc1ncnc2c1CCN(C(=O)c1ccccc1F)CC2. The Hall–Kier alpha value is -2.50. The topological polar surface area (TPSA) is 58.1 Å². The first kappa shape index (κ1) is 16.4. The van der Waals surface area contributed by atoms with Crippen LogP contribution in [-0.2, 0) is 12.8 Å². The van der Waals surface area contributed by atoms with Gasteiger partial charge in [-0.2, -0.15) is 0 Å². The average Bonchev–Trinajstić information content (AvgIpc) is 2.78. The van der Waals surface area contributed by atoms with E-state index in [0.29, 0.717) is 25.9 Å². The summed E-state index contributed by atoms with van der Waals surface area (Å²) in [5.74, 6) is 0.0774. The van der Waals surface area contributed by atoms with Gasteiger partial charge in [0.15, 0.2) is 0 Å². The van der Waals surface area contributed by atoms with Crippen LogP contribution in [0.25, 0.3) is 0 Å². The van der Waals surface area contributed by atoms with Crippen molar-refractivity contribution in [1.29, 1.82) is 0 Å². The molecule has 0 saturated carbocycles. The molecule has 0 saturated heterocycles. The van der Waals surface area contributed by atoms with E-state index in [-0.39, 0.29) is 17.5 Å². The maximum atomic E-state index is 13.9. The Bertz CT molecular complexity index is 748. The number of carbonyl (C=O) groups is 1. The van der Waals surface area contributed by atoms with Crippen molar-refractivity contribution in [3.05, 3.63) is 53.2 Å². The molecule has 2 heterocycles. The van der Waals surface area contributed by atoms with E-state index >= 15 is 0 Å². The fourth-order valence-electron chi connectivity index (χ4n) is 2.93. The van der Waals surface area contributed by atoms with Gasteiger partial charge in [0.05, 0.1) is 11.3 Å². The van der Waals surface area contributed by atoms with Crippen LogP contribution < -0.4 is 5.32 Å². The van der Waals surface area contributed by atoms with Gasteiger partial charge in [-0.3, -0.25) is 4.79 Å². The fraction of sp³-hybridized carbons (Fsp3) is 0.389. The Kier molecular flexibility index (Phi) is 4.74. The highest BCUT2D eigenvalue weighted by atomic mass is 19.1. The Balaban J connectivity index is 1.81. The molecule has 3 rings (SSSR count). The van der Waals surface area contributed by atoms with Gasteiger partial charge in [0.1, 0.15) is 18.0 Å². The maximum Gasteiger partial charge on any atom is 0.256 e. The van der Waals surface area contributed by atoms with Crippen LogP contribution in [0.3, 0.4) is 0 Å². The summed E-state index contributed by atoms with van der Waals surface area (Å²) in [6.45, 7) is 5.16. The Morgan fingerprint density at radius 2 is 1.96 bits per heavy atom. The molecule has 0 bridgehead atoms. The Morgan fingerprint density at radius 1 is 1.21 bits per heavy atom. The van der Waals surface area contributed by atoms with E-state index in [4.69, 9.17) is 0 Å². The molecule has 6 heteroatoms. The maximum absolute atomic E-state index is 13.9. The third-order valence-electron chi connectivity index (χ3n) is 4.10. The summed E-state index contributed by atoms with van der Waals surface area (Å²) in [6, 6.07) is 6.38. The number of aromatic nitrogens is 2. The smallest absolute Gasteiger partial charge is 0.256 e. The second kappa shape index (κ2) is 6.95. The zero-order valence-electron chi connectivity index (χ0n) is 13.9. The minimum absolute atomic E-state index is 0.120. The van der Waals surface area contributed by atoms with Gasteiger partial charge in [0, 0.05) is 31.1 Å². The number of rotatable bonds is 3. The summed E-state index contributed by atoms with van der Waals surface area (Å²) >= 11 is 0. The van der Waals surface area contributed by atoms with Gasteiger partial charge in [-0.25, -0.2) is 14.4 Å². The highest BCUT2D eigenvalue weighted by Crippen LogP contribution is 2.22. The van der Waals surface area contributed by atoms with Gasteiger partial charge in [-0.15, -0.1) is 0 Å². The molecule has 1 aromatic heterocycles. The lowest BCUT2D eigenvalue weighted by Crippen LogP contribution is -2.33. The predicted octanol–water partition coefficient (Wildman–Crippen LogP) is 2.68. The summed E-state index contributed by atoms with van der Waals surface area (Å²) in [7, 11) is 0. The van der Waals surface area contributed by atoms with E-state index in [1.165, 1.54) is 12.1 Å². The molecule has 0 atom stereocenters. The van der Waals surface area contributed by atoms with Crippen molar-refractivity contribution in [2.45, 2.75) is 32.7 Å². The number of halogens is 1. The minimum Gasteiger partial charge on any atom is -0.368 e. The number of amides is 1. The van der Waals surface area contributed by atoms with Gasteiger partial charge in [-0.1, -0.05) is 12.1 Å². The molecule has 5 nitrogen and oxygen atoms in total. The molecule has 1 amide bonds. The number of nitrogens with one attached hydrogen (secondary N) is 1. The van der Waals surface area contributed by atoms with Crippen LogP contribution >= 0.6 is 0 Å². The lowest BCUT2D eigenvalue weighted by molar-refractivity contribution is 0.0758. The van der Waals surface area contributed by atoms with Crippen LogP contribution in [0.1, 0.15) is 35.5 Å². The molecule has 2 aromatic rings. The first-order valence-electron chi connectivity index (χ1n) is 8.19. The standard InChI is InChI=1S/C18H21FN4O/c1-12(2)22-17-14-7-9-23(10-8-16(14)20-11-21-17)18(24)13-5-3-4-6-15(13)19/h3-6,11-12H,7-10H2,1-2H3,(H,20,21,22). The third kappa shape index (κ3) is 3.37. The number of hydrogen-bond acceptors (Lipinski definition) is 4. The van der Waals surface area contributed by atoms with E-state index in [0.717, 1.165) is 17.1 Å². The Morgan fingerprint density at radius 3 is 2.71 bits per heavy atom. The van der Waals surface area contributed by atoms with E-state index in [1.54, 1.807) is 23.4 Å². The van der Waals surface area contributed by atoms with Gasteiger partial charge < -0.3 is 10.2 Å². The van der Waals surface area contributed by atoms with Crippen LogP contribution in [0.2, 0.25) is 0 Å². The van der Waals surface area contributed by atoms with Crippen molar-refractivity contribution >= 4 is 11.7 Å². The van der Waals surface area contributed by atoms with E-state index in [2.05, 4.69) is 29.1 Å². The van der Waals surface area contributed by atoms with Gasteiger partial charge in [0.2, 0.25) is 0 Å². The largest absolute Gasteiger partial charge is 0.368 e. The molecule has 126 valence electrons. The van der Waals surface area contributed by atoms with Crippen LogP contribution in [0.15, 0.2) is 30.6 Å². The number of nitrogens with zero attached hydrogens (tertiary/aromatic N) is 3. The van der Waals surface area contributed by atoms with Crippen LogP contribution in [0, 0.1) is 5.82 Å². The molecule has 1 N–H and O–H groups in total. The molecule has 1 aliphatic rings. The summed E-state index contributed by atoms with van der Waals surface area (Å²) in [5.41, 5.74) is 2.13. The minimum atomic E-state index is -0.480. The van der Waals surface area contributed by atoms with Crippen molar-refractivity contribution in [2.24, 2.45) is 0 Å². The van der Waals surface area contributed by atoms with Crippen LogP contribution in [0.5, 0.6) is 0 Å². The molecular formula is C18H21FN4O. The van der Waals surface area contributed by atoms with E-state index in [9.17, 15) is 9.18 Å². The number of benzene rings is 1. The predicted molar refractivity (Wildman–Crippen MR) is 90.5 cm³/mol. The normalized spacial score (nSPS) is 14.2. The third-order valence-corrected chi connectivity index (χ3v) is 4.10. The number of carbonyl (C=O) groups excluding carboxylic acids is 1. The molecule has 1 aromatic carbocycles. The Labute approximate surface area is 140 Å². The second-order valence-corrected chi connectivity index (χ2v) is 6.22. The summed E-state index contributed by atoms with van der Waals surface area (Å²) in [5, 5.41) is 3.33. The van der Waals surface area contributed by atoms with Crippen LogP contribution in [0.4, 0.5) is 10.2 Å². The number of anilines is 1. The van der Waals surface area contributed by atoms with Crippen molar-refractivity contribution in [3.8, 4) is 0 Å². The van der Waals surface area contributed by atoms with Crippen molar-refractivity contribution in [3.63, 3.8) is 0 Å². The molecule has 24 heavy (non-hydrogen) atoms. The molecule has 0 radical (unpaired) electrons. The molecule has 0 unspecified atom stereocenters. The molecule has 1 aliphatic heterocycles. The van der Waals surface area contributed by atoms with Crippen molar-refractivity contribution < 1.29 is 9.18 Å². The molecule has 0 fully saturated rings. The fourth-order valence-corrected chi connectivity index (χ4v) is 2.93. The zero-order chi connectivity index (χ0) is 17.1. The molecule has 0 aliphatic carbocycles. The molecule has 0 spiro atoms. The van der Waals surface area contributed by atoms with Gasteiger partial charge in [0.25, 0.3) is 5.91 Å². The lowest BCUT2D eigenvalue weighted by Gasteiger charge is -2.20. The number of hydrogen-bond donors (Lipinski definition) is 1. The number of fused-ring (bicyclic) bond motifs is 1. The highest BCUT2D eigenvalue weighted by molar-refractivity contribution is 5.94. The van der Waals surface area contributed by atoms with E-state index < -0.39 is 5.82 Å². The monoisotopic (exact) mass is 328 g/mol. The zero-order valence-corrected chi connectivity index (χ0v) is 13.9. The molecular weight excluding hydrogens is 307 g/mol. The second-order valence-electron chi connectivity index (χ2n) is 6.22. The highest BCUT2D eigenvalue weighted by Gasteiger charge is 2.24. The first-order chi connectivity index (χ1) is 11.6. The average molecular weight is 328 g/mol. The van der Waals surface area contributed by atoms with Crippen molar-refractivity contribution in [2.75, 3.05) is 18.4 Å².